The quantitative estimate of drug-likeness (QED) is 0.784. The molecule has 1 unspecified atom stereocenters. The molecule has 1 aliphatic heterocycles. The highest BCUT2D eigenvalue weighted by Crippen LogP contribution is 2.12. The van der Waals surface area contributed by atoms with Crippen LogP contribution in [0.5, 0.6) is 0 Å². The first kappa shape index (κ1) is 16.7. The number of carbonyl (C=O) groups is 3. The number of benzene rings is 2. The molecule has 1 atom stereocenters. The van der Waals surface area contributed by atoms with Crippen molar-refractivity contribution in [1.82, 2.24) is 15.5 Å². The highest BCUT2D eigenvalue weighted by atomic mass is 16.2. The molecule has 2 aromatic rings. The zero-order chi connectivity index (χ0) is 17.6. The monoisotopic (exact) mass is 337 g/mol. The van der Waals surface area contributed by atoms with Gasteiger partial charge in [-0.3, -0.25) is 14.5 Å². The van der Waals surface area contributed by atoms with Gasteiger partial charge in [0, 0.05) is 13.0 Å². The molecule has 25 heavy (non-hydrogen) atoms. The van der Waals surface area contributed by atoms with Crippen LogP contribution in [0.4, 0.5) is 4.79 Å². The Kier molecular flexibility index (Phi) is 5.09. The maximum absolute atomic E-state index is 12.4. The summed E-state index contributed by atoms with van der Waals surface area (Å²) in [5.41, 5.74) is 1.91. The zero-order valence-electron chi connectivity index (χ0n) is 13.6. The van der Waals surface area contributed by atoms with Crippen molar-refractivity contribution in [3.8, 4) is 0 Å². The highest BCUT2D eigenvalue weighted by Gasteiger charge is 2.38. The molecule has 3 rings (SSSR count). The minimum Gasteiger partial charge on any atom is -0.350 e. The Hall–Kier alpha value is -3.15. The van der Waals surface area contributed by atoms with Crippen LogP contribution in [0.1, 0.15) is 11.1 Å². The lowest BCUT2D eigenvalue weighted by molar-refractivity contribution is -0.132. The summed E-state index contributed by atoms with van der Waals surface area (Å²) in [4.78, 5) is 37.4. The summed E-state index contributed by atoms with van der Waals surface area (Å²) >= 11 is 0. The third kappa shape index (κ3) is 4.23. The second-order valence-corrected chi connectivity index (χ2v) is 5.88. The van der Waals surface area contributed by atoms with Crippen molar-refractivity contribution in [3.63, 3.8) is 0 Å². The van der Waals surface area contributed by atoms with E-state index in [1.165, 1.54) is 0 Å². The van der Waals surface area contributed by atoms with E-state index in [2.05, 4.69) is 10.6 Å². The number of nitrogens with one attached hydrogen (secondary N) is 2. The number of rotatable bonds is 6. The van der Waals surface area contributed by atoms with E-state index in [4.69, 9.17) is 0 Å². The third-order valence-corrected chi connectivity index (χ3v) is 4.02. The van der Waals surface area contributed by atoms with Crippen LogP contribution in [-0.4, -0.2) is 35.3 Å². The van der Waals surface area contributed by atoms with E-state index < -0.39 is 12.1 Å². The Morgan fingerprint density at radius 3 is 2.20 bits per heavy atom. The van der Waals surface area contributed by atoms with E-state index in [-0.39, 0.29) is 18.4 Å². The first-order valence-electron chi connectivity index (χ1n) is 8.10. The molecule has 0 aromatic heterocycles. The molecule has 6 heteroatoms. The Bertz CT molecular complexity index is 762. The van der Waals surface area contributed by atoms with Crippen molar-refractivity contribution < 1.29 is 14.4 Å². The van der Waals surface area contributed by atoms with Gasteiger partial charge in [0.15, 0.2) is 0 Å². The van der Waals surface area contributed by atoms with Crippen LogP contribution < -0.4 is 10.6 Å². The molecule has 0 bridgehead atoms. The molecule has 1 heterocycles. The molecule has 128 valence electrons. The normalized spacial score (nSPS) is 16.6. The average molecular weight is 337 g/mol. The van der Waals surface area contributed by atoms with E-state index in [0.717, 1.165) is 16.0 Å². The van der Waals surface area contributed by atoms with E-state index in [1.807, 2.05) is 60.7 Å². The summed E-state index contributed by atoms with van der Waals surface area (Å²) in [6.07, 6.45) is 0.410. The fourth-order valence-corrected chi connectivity index (χ4v) is 2.71. The lowest BCUT2D eigenvalue weighted by atomic mass is 10.1. The third-order valence-electron chi connectivity index (χ3n) is 4.02. The number of nitrogens with zero attached hydrogens (tertiary/aromatic N) is 1. The van der Waals surface area contributed by atoms with Crippen molar-refractivity contribution in [2.45, 2.75) is 19.0 Å². The standard InChI is InChI=1S/C19H19N3O3/c23-17(20-12-15-9-5-2-6-10-15)13-22-18(24)16(21-19(22)25)11-14-7-3-1-4-8-14/h1-10,16H,11-13H2,(H,20,23)(H,21,25). The molecule has 0 spiro atoms. The van der Waals surface area contributed by atoms with E-state index in [1.54, 1.807) is 0 Å². The van der Waals surface area contributed by atoms with Crippen molar-refractivity contribution >= 4 is 17.8 Å². The number of amides is 4. The van der Waals surface area contributed by atoms with Gasteiger partial charge in [-0.15, -0.1) is 0 Å². The Labute approximate surface area is 145 Å². The average Bonchev–Trinajstić information content (AvgIpc) is 2.89. The van der Waals surface area contributed by atoms with Crippen LogP contribution in [-0.2, 0) is 22.6 Å². The van der Waals surface area contributed by atoms with Crippen molar-refractivity contribution in [2.24, 2.45) is 0 Å². The zero-order valence-corrected chi connectivity index (χ0v) is 13.6. The minimum atomic E-state index is -0.628. The predicted molar refractivity (Wildman–Crippen MR) is 92.5 cm³/mol. The maximum atomic E-state index is 12.4. The molecule has 2 aromatic carbocycles. The molecule has 1 saturated heterocycles. The van der Waals surface area contributed by atoms with E-state index in [9.17, 15) is 14.4 Å². The van der Waals surface area contributed by atoms with Gasteiger partial charge in [-0.1, -0.05) is 60.7 Å². The molecule has 1 fully saturated rings. The first-order chi connectivity index (χ1) is 12.1. The van der Waals surface area contributed by atoms with Crippen LogP contribution in [0.25, 0.3) is 0 Å². The van der Waals surface area contributed by atoms with Crippen molar-refractivity contribution in [2.75, 3.05) is 6.54 Å². The fraction of sp³-hybridized carbons (Fsp3) is 0.211. The van der Waals surface area contributed by atoms with Gasteiger partial charge >= 0.3 is 6.03 Å². The second-order valence-electron chi connectivity index (χ2n) is 5.88. The van der Waals surface area contributed by atoms with Crippen LogP contribution in [0.15, 0.2) is 60.7 Å². The van der Waals surface area contributed by atoms with Crippen LogP contribution in [0, 0.1) is 0 Å². The molecule has 0 saturated carbocycles. The molecular weight excluding hydrogens is 318 g/mol. The fourth-order valence-electron chi connectivity index (χ4n) is 2.71. The predicted octanol–water partition coefficient (Wildman–Crippen LogP) is 1.47. The highest BCUT2D eigenvalue weighted by molar-refractivity contribution is 6.06. The van der Waals surface area contributed by atoms with Gasteiger partial charge in [0.1, 0.15) is 12.6 Å². The van der Waals surface area contributed by atoms with Crippen molar-refractivity contribution in [1.29, 1.82) is 0 Å². The largest absolute Gasteiger partial charge is 0.350 e. The van der Waals surface area contributed by atoms with Crippen LogP contribution in [0.3, 0.4) is 0 Å². The van der Waals surface area contributed by atoms with Crippen molar-refractivity contribution in [3.05, 3.63) is 71.8 Å². The SMILES string of the molecule is O=C(CN1C(=O)NC(Cc2ccccc2)C1=O)NCc1ccccc1. The van der Waals surface area contributed by atoms with E-state index in [0.29, 0.717) is 13.0 Å². The second kappa shape index (κ2) is 7.61. The number of imide groups is 1. The Balaban J connectivity index is 1.54. The molecule has 0 radical (unpaired) electrons. The number of hydrogen-bond acceptors (Lipinski definition) is 3. The summed E-state index contributed by atoms with van der Waals surface area (Å²) in [5, 5.41) is 5.36. The van der Waals surface area contributed by atoms with Gasteiger partial charge < -0.3 is 10.6 Å². The number of urea groups is 1. The smallest absolute Gasteiger partial charge is 0.325 e. The summed E-state index contributed by atoms with van der Waals surface area (Å²) in [6, 6.07) is 17.7. The lowest BCUT2D eigenvalue weighted by Gasteiger charge is -2.13. The summed E-state index contributed by atoms with van der Waals surface area (Å²) < 4.78 is 0. The van der Waals surface area contributed by atoms with Crippen LogP contribution in [0.2, 0.25) is 0 Å². The Morgan fingerprint density at radius 2 is 1.56 bits per heavy atom. The van der Waals surface area contributed by atoms with E-state index >= 15 is 0 Å². The first-order valence-corrected chi connectivity index (χ1v) is 8.10. The topological polar surface area (TPSA) is 78.5 Å². The minimum absolute atomic E-state index is 0.275. The molecule has 0 aliphatic carbocycles. The van der Waals surface area contributed by atoms with Gasteiger partial charge in [-0.05, 0) is 11.1 Å². The molecule has 2 N–H and O–H groups in total. The summed E-state index contributed by atoms with van der Waals surface area (Å²) in [7, 11) is 0. The van der Waals surface area contributed by atoms with Gasteiger partial charge in [-0.2, -0.15) is 0 Å². The summed E-state index contributed by atoms with van der Waals surface area (Å²) in [5.74, 6) is -0.739. The lowest BCUT2D eigenvalue weighted by Crippen LogP contribution is -2.41. The van der Waals surface area contributed by atoms with Crippen LogP contribution >= 0.6 is 0 Å². The van der Waals surface area contributed by atoms with Gasteiger partial charge in [0.25, 0.3) is 5.91 Å². The molecular formula is C19H19N3O3. The maximum Gasteiger partial charge on any atom is 0.325 e. The Morgan fingerprint density at radius 1 is 0.960 bits per heavy atom. The van der Waals surface area contributed by atoms with Gasteiger partial charge in [0.05, 0.1) is 0 Å². The number of hydrogen-bond donors (Lipinski definition) is 2. The molecule has 1 aliphatic rings. The van der Waals surface area contributed by atoms with Gasteiger partial charge in [-0.25, -0.2) is 4.79 Å². The summed E-state index contributed by atoms with van der Waals surface area (Å²) in [6.45, 7) is 0.0829. The number of carbonyl (C=O) groups excluding carboxylic acids is 3. The van der Waals surface area contributed by atoms with Gasteiger partial charge in [0.2, 0.25) is 5.91 Å². The molecule has 6 nitrogen and oxygen atoms in total. The molecule has 4 amide bonds.